The van der Waals surface area contributed by atoms with Crippen LogP contribution in [0, 0.1) is 0 Å². The van der Waals surface area contributed by atoms with E-state index in [2.05, 4.69) is 0 Å². The molecule has 0 fully saturated rings. The lowest BCUT2D eigenvalue weighted by molar-refractivity contribution is 0.144. The molecule has 0 aliphatic heterocycles. The molecule has 3 rings (SSSR count). The predicted octanol–water partition coefficient (Wildman–Crippen LogP) is 5.73. The first-order valence-corrected chi connectivity index (χ1v) is 12.6. The van der Waals surface area contributed by atoms with E-state index in [9.17, 15) is 9.90 Å². The Bertz CT molecular complexity index is 1390. The average Bonchev–Trinajstić information content (AvgIpc) is 2.86. The first-order chi connectivity index (χ1) is 18.2. The number of methoxy groups -OCH3 is 3. The predicted molar refractivity (Wildman–Crippen MR) is 149 cm³/mol. The third-order valence-corrected chi connectivity index (χ3v) is 6.03. The molecule has 0 saturated carbocycles. The molecule has 3 aromatic rings. The van der Waals surface area contributed by atoms with Crippen molar-refractivity contribution in [2.75, 3.05) is 47.8 Å². The summed E-state index contributed by atoms with van der Waals surface area (Å²) in [5.41, 5.74) is 3.49. The van der Waals surface area contributed by atoms with Crippen LogP contribution in [0.15, 0.2) is 44.6 Å². The van der Waals surface area contributed by atoms with E-state index >= 15 is 0 Å². The Morgan fingerprint density at radius 2 is 1.32 bits per heavy atom. The maximum Gasteiger partial charge on any atom is 0.204 e. The lowest BCUT2D eigenvalue weighted by Gasteiger charge is -2.18. The van der Waals surface area contributed by atoms with Crippen LogP contribution < -0.4 is 19.6 Å². The number of phenolic OH excluding ortho intramolecular Hbond substituents is 1. The second-order valence-corrected chi connectivity index (χ2v) is 9.42. The zero-order chi connectivity index (χ0) is 27.8. The first kappa shape index (κ1) is 29.1. The highest BCUT2D eigenvalue weighted by atomic mass is 16.5. The molecule has 0 spiro atoms. The molecule has 206 valence electrons. The number of benzene rings is 2. The third-order valence-electron chi connectivity index (χ3n) is 6.03. The van der Waals surface area contributed by atoms with Gasteiger partial charge in [-0.1, -0.05) is 23.3 Å². The van der Waals surface area contributed by atoms with Gasteiger partial charge in [0.25, 0.3) is 0 Å². The Hall–Kier alpha value is -3.49. The van der Waals surface area contributed by atoms with Crippen LogP contribution in [0.1, 0.15) is 38.8 Å². The smallest absolute Gasteiger partial charge is 0.204 e. The van der Waals surface area contributed by atoms with Crippen LogP contribution in [-0.2, 0) is 22.3 Å². The third kappa shape index (κ3) is 6.49. The molecule has 0 radical (unpaired) electrons. The van der Waals surface area contributed by atoms with Crippen molar-refractivity contribution in [3.05, 3.63) is 56.8 Å². The zero-order valence-corrected chi connectivity index (χ0v) is 23.4. The summed E-state index contributed by atoms with van der Waals surface area (Å²) in [5.74, 6) is 1.16. The topological polar surface area (TPSA) is 96.6 Å². The molecule has 0 saturated heterocycles. The van der Waals surface area contributed by atoms with Crippen LogP contribution in [0.4, 0.5) is 0 Å². The maximum absolute atomic E-state index is 14.0. The average molecular weight is 527 g/mol. The van der Waals surface area contributed by atoms with Crippen molar-refractivity contribution in [2.24, 2.45) is 0 Å². The summed E-state index contributed by atoms with van der Waals surface area (Å²) in [6.45, 7) is 9.25. The van der Waals surface area contributed by atoms with E-state index in [0.29, 0.717) is 72.0 Å². The van der Waals surface area contributed by atoms with E-state index in [0.717, 1.165) is 11.1 Å². The minimum Gasteiger partial charge on any atom is -0.507 e. The summed E-state index contributed by atoms with van der Waals surface area (Å²) < 4.78 is 34.1. The summed E-state index contributed by atoms with van der Waals surface area (Å²) in [5, 5.41) is 11.8. The molecule has 2 aromatic carbocycles. The normalized spacial score (nSPS) is 11.0. The molecule has 1 N–H and O–H groups in total. The van der Waals surface area contributed by atoms with Crippen molar-refractivity contribution < 1.29 is 33.2 Å². The minimum atomic E-state index is -0.348. The fourth-order valence-corrected chi connectivity index (χ4v) is 4.14. The summed E-state index contributed by atoms with van der Waals surface area (Å²) >= 11 is 0. The van der Waals surface area contributed by atoms with Crippen LogP contribution in [0.5, 0.6) is 23.0 Å². The van der Waals surface area contributed by atoms with Gasteiger partial charge in [0.1, 0.15) is 41.3 Å². The maximum atomic E-state index is 14.0. The van der Waals surface area contributed by atoms with Gasteiger partial charge in [0.2, 0.25) is 5.43 Å². The van der Waals surface area contributed by atoms with Gasteiger partial charge in [-0.2, -0.15) is 0 Å². The number of hydrogen-bond donors (Lipinski definition) is 1. The van der Waals surface area contributed by atoms with Crippen molar-refractivity contribution in [3.8, 4) is 23.0 Å². The fraction of sp³-hybridized carbons (Fsp3) is 0.433. The van der Waals surface area contributed by atoms with Crippen LogP contribution in [0.2, 0.25) is 0 Å². The SMILES string of the molecule is COCCOc1cc2oc3cc(OCCOC)c(OC)c(CC=C(C)C)c3c(=O)c2c(O)c1CC=C(C)C. The van der Waals surface area contributed by atoms with E-state index < -0.39 is 0 Å². The summed E-state index contributed by atoms with van der Waals surface area (Å²) in [6.07, 6.45) is 4.79. The molecule has 0 amide bonds. The minimum absolute atomic E-state index is 0.0994. The van der Waals surface area contributed by atoms with Crippen molar-refractivity contribution in [1.82, 2.24) is 0 Å². The zero-order valence-electron chi connectivity index (χ0n) is 23.4. The van der Waals surface area contributed by atoms with Crippen molar-refractivity contribution in [2.45, 2.75) is 40.5 Å². The number of phenols is 1. The highest BCUT2D eigenvalue weighted by Gasteiger charge is 2.24. The van der Waals surface area contributed by atoms with Crippen molar-refractivity contribution >= 4 is 21.9 Å². The molecular weight excluding hydrogens is 488 g/mol. The molecule has 1 heterocycles. The molecule has 38 heavy (non-hydrogen) atoms. The van der Waals surface area contributed by atoms with E-state index in [1.54, 1.807) is 26.4 Å². The Kier molecular flexibility index (Phi) is 10.2. The van der Waals surface area contributed by atoms with Crippen LogP contribution >= 0.6 is 0 Å². The van der Waals surface area contributed by atoms with Crippen LogP contribution in [0.25, 0.3) is 21.9 Å². The highest BCUT2D eigenvalue weighted by molar-refractivity contribution is 5.98. The molecule has 0 atom stereocenters. The van der Waals surface area contributed by atoms with Crippen molar-refractivity contribution in [1.29, 1.82) is 0 Å². The molecule has 0 aliphatic rings. The molecule has 0 aliphatic carbocycles. The van der Waals surface area contributed by atoms with Gasteiger partial charge in [-0.05, 0) is 40.5 Å². The Labute approximate surface area is 223 Å². The Morgan fingerprint density at radius 3 is 1.87 bits per heavy atom. The standard InChI is InChI=1S/C30H38O8/c1-18(2)8-10-20-22(36-14-12-33-5)16-24-27(28(20)31)29(32)26-21(11-9-19(3)4)30(35-7)25(17-23(26)38-24)37-15-13-34-6/h8-9,16-17,31H,10-15H2,1-7H3. The van der Waals surface area contributed by atoms with E-state index in [-0.39, 0.29) is 28.8 Å². The number of allylic oxidation sites excluding steroid dienone is 4. The monoisotopic (exact) mass is 526 g/mol. The Morgan fingerprint density at radius 1 is 0.789 bits per heavy atom. The number of hydrogen-bond acceptors (Lipinski definition) is 8. The fourth-order valence-electron chi connectivity index (χ4n) is 4.14. The summed E-state index contributed by atoms with van der Waals surface area (Å²) in [4.78, 5) is 14.0. The highest BCUT2D eigenvalue weighted by Crippen LogP contribution is 2.41. The van der Waals surface area contributed by atoms with Gasteiger partial charge in [-0.3, -0.25) is 4.79 Å². The van der Waals surface area contributed by atoms with Gasteiger partial charge in [0.15, 0.2) is 11.5 Å². The van der Waals surface area contributed by atoms with Gasteiger partial charge in [0, 0.05) is 37.5 Å². The van der Waals surface area contributed by atoms with Gasteiger partial charge in [-0.15, -0.1) is 0 Å². The molecular formula is C30H38O8. The molecule has 0 unspecified atom stereocenters. The van der Waals surface area contributed by atoms with E-state index in [4.69, 9.17) is 28.1 Å². The van der Waals surface area contributed by atoms with Gasteiger partial charge in [0.05, 0.1) is 25.7 Å². The van der Waals surface area contributed by atoms with Crippen LogP contribution in [-0.4, -0.2) is 52.9 Å². The van der Waals surface area contributed by atoms with Gasteiger partial charge >= 0.3 is 0 Å². The number of rotatable bonds is 13. The first-order valence-electron chi connectivity index (χ1n) is 12.6. The lowest BCUT2D eigenvalue weighted by atomic mass is 9.98. The van der Waals surface area contributed by atoms with Crippen molar-refractivity contribution in [3.63, 3.8) is 0 Å². The quantitative estimate of drug-likeness (QED) is 0.171. The molecule has 8 heteroatoms. The number of aromatic hydroxyl groups is 1. The number of fused-ring (bicyclic) bond motifs is 2. The molecule has 1 aromatic heterocycles. The molecule has 0 bridgehead atoms. The largest absolute Gasteiger partial charge is 0.507 e. The molecule has 8 nitrogen and oxygen atoms in total. The number of ether oxygens (including phenoxy) is 5. The van der Waals surface area contributed by atoms with Gasteiger partial charge < -0.3 is 33.2 Å². The Balaban J connectivity index is 2.38. The summed E-state index contributed by atoms with van der Waals surface area (Å²) in [7, 11) is 4.72. The van der Waals surface area contributed by atoms with Gasteiger partial charge in [-0.25, -0.2) is 0 Å². The summed E-state index contributed by atoms with van der Waals surface area (Å²) in [6, 6.07) is 3.31. The van der Waals surface area contributed by atoms with E-state index in [1.807, 2.05) is 39.8 Å². The van der Waals surface area contributed by atoms with Crippen LogP contribution in [0.3, 0.4) is 0 Å². The second kappa shape index (κ2) is 13.3. The second-order valence-electron chi connectivity index (χ2n) is 9.42. The van der Waals surface area contributed by atoms with E-state index in [1.165, 1.54) is 7.11 Å². The lowest BCUT2D eigenvalue weighted by Crippen LogP contribution is -2.11.